The number of benzene rings is 3. The number of unbranched alkanes of at least 4 members (excludes halogenated alkanes) is 1. The summed E-state index contributed by atoms with van der Waals surface area (Å²) in [6.45, 7) is 0.00745. The SMILES string of the molecule is Nc1cc(N)cc(C(=O)OCCCCOC(=O)/C=C/c2ccc(OC(F)(F)c3ccc(OCCCC(F)(F)F)cc3)cc2)c1. The summed E-state index contributed by atoms with van der Waals surface area (Å²) in [6, 6.07) is 14.5. The Bertz CT molecular complexity index is 1390. The van der Waals surface area contributed by atoms with Gasteiger partial charge in [-0.25, -0.2) is 9.59 Å². The molecule has 0 aliphatic heterocycles. The Morgan fingerprint density at radius 1 is 0.727 bits per heavy atom. The molecule has 13 heteroatoms. The van der Waals surface area contributed by atoms with Gasteiger partial charge < -0.3 is 30.4 Å². The van der Waals surface area contributed by atoms with Crippen molar-refractivity contribution in [2.75, 3.05) is 31.3 Å². The highest BCUT2D eigenvalue weighted by Crippen LogP contribution is 2.33. The second-order valence-corrected chi connectivity index (χ2v) is 9.51. The Morgan fingerprint density at radius 2 is 1.32 bits per heavy atom. The number of nitrogens with two attached hydrogens (primary N) is 2. The van der Waals surface area contributed by atoms with Crippen molar-refractivity contribution in [2.45, 2.75) is 38.0 Å². The first-order valence-corrected chi connectivity index (χ1v) is 13.5. The summed E-state index contributed by atoms with van der Waals surface area (Å²) in [6.07, 6.45) is -5.70. The lowest BCUT2D eigenvalue weighted by Gasteiger charge is -2.18. The van der Waals surface area contributed by atoms with Crippen LogP contribution >= 0.6 is 0 Å². The van der Waals surface area contributed by atoms with E-state index in [0.29, 0.717) is 29.8 Å². The molecule has 0 atom stereocenters. The van der Waals surface area contributed by atoms with E-state index >= 15 is 0 Å². The van der Waals surface area contributed by atoms with Crippen LogP contribution in [-0.2, 0) is 20.4 Å². The fourth-order valence-corrected chi connectivity index (χ4v) is 3.69. The number of carbonyl (C=O) groups is 2. The van der Waals surface area contributed by atoms with Crippen LogP contribution in [-0.4, -0.2) is 37.9 Å². The number of nitrogen functional groups attached to an aromatic ring is 2. The molecule has 0 unspecified atom stereocenters. The molecule has 0 spiro atoms. The molecule has 0 aromatic heterocycles. The Hall–Kier alpha value is -4.81. The van der Waals surface area contributed by atoms with Gasteiger partial charge in [-0.2, -0.15) is 22.0 Å². The average Bonchev–Trinajstić information content (AvgIpc) is 2.95. The van der Waals surface area contributed by atoms with E-state index in [9.17, 15) is 31.5 Å². The molecule has 0 amide bonds. The third kappa shape index (κ3) is 11.8. The molecule has 3 rings (SSSR count). The van der Waals surface area contributed by atoms with Gasteiger partial charge in [0.1, 0.15) is 11.5 Å². The van der Waals surface area contributed by atoms with E-state index in [-0.39, 0.29) is 43.3 Å². The van der Waals surface area contributed by atoms with Gasteiger partial charge in [-0.1, -0.05) is 12.1 Å². The molecule has 0 saturated heterocycles. The Balaban J connectivity index is 1.36. The Labute approximate surface area is 250 Å². The van der Waals surface area contributed by atoms with Crippen LogP contribution in [0.25, 0.3) is 6.08 Å². The lowest BCUT2D eigenvalue weighted by atomic mass is 10.2. The Kier molecular flexibility index (Phi) is 11.9. The largest absolute Gasteiger partial charge is 0.494 e. The van der Waals surface area contributed by atoms with Crippen molar-refractivity contribution in [3.05, 3.63) is 89.5 Å². The van der Waals surface area contributed by atoms with Crippen LogP contribution in [0.4, 0.5) is 33.3 Å². The molecule has 0 radical (unpaired) electrons. The van der Waals surface area contributed by atoms with Crippen molar-refractivity contribution < 1.29 is 50.5 Å². The van der Waals surface area contributed by atoms with Crippen LogP contribution < -0.4 is 20.9 Å². The van der Waals surface area contributed by atoms with Gasteiger partial charge in [0.2, 0.25) is 0 Å². The summed E-state index contributed by atoms with van der Waals surface area (Å²) in [4.78, 5) is 24.0. The van der Waals surface area contributed by atoms with Gasteiger partial charge in [0, 0.05) is 23.9 Å². The van der Waals surface area contributed by atoms with Gasteiger partial charge in [0.25, 0.3) is 0 Å². The minimum atomic E-state index is -4.29. The average molecular weight is 623 g/mol. The molecule has 3 aromatic carbocycles. The molecule has 3 aromatic rings. The molecule has 0 heterocycles. The monoisotopic (exact) mass is 622 g/mol. The van der Waals surface area contributed by atoms with Crippen molar-refractivity contribution in [1.82, 2.24) is 0 Å². The molecule has 0 bridgehead atoms. The van der Waals surface area contributed by atoms with Crippen LogP contribution in [0.3, 0.4) is 0 Å². The molecule has 8 nitrogen and oxygen atoms in total. The zero-order chi connectivity index (χ0) is 32.2. The van der Waals surface area contributed by atoms with Gasteiger partial charge in [-0.05, 0) is 85.5 Å². The van der Waals surface area contributed by atoms with Crippen LogP contribution in [0.15, 0.2) is 72.8 Å². The van der Waals surface area contributed by atoms with E-state index in [1.807, 2.05) is 0 Å². The lowest BCUT2D eigenvalue weighted by Crippen LogP contribution is -2.21. The fourth-order valence-electron chi connectivity index (χ4n) is 3.69. The van der Waals surface area contributed by atoms with Gasteiger partial charge >= 0.3 is 24.2 Å². The van der Waals surface area contributed by atoms with E-state index in [0.717, 1.165) is 12.1 Å². The first kappa shape index (κ1) is 33.7. The van der Waals surface area contributed by atoms with E-state index in [2.05, 4.69) is 0 Å². The third-order valence-corrected chi connectivity index (χ3v) is 5.83. The number of anilines is 2. The number of carbonyl (C=O) groups excluding carboxylic acids is 2. The molecule has 0 aliphatic rings. The van der Waals surface area contributed by atoms with Gasteiger partial charge in [0.15, 0.2) is 0 Å². The van der Waals surface area contributed by atoms with Crippen molar-refractivity contribution >= 4 is 29.4 Å². The standard InChI is InChI=1S/C31H31F5N2O6/c32-30(33,34)14-3-17-41-26-11-7-23(8-12-26)31(35,36)44-27-9-4-21(5-10-27)6-13-28(39)42-15-1-2-16-43-29(40)22-18-24(37)20-25(38)19-22/h4-13,18-20H,1-3,14-17,37-38H2/b13-6+. The molecule has 0 saturated carbocycles. The molecule has 236 valence electrons. The van der Waals surface area contributed by atoms with Crippen molar-refractivity contribution in [2.24, 2.45) is 0 Å². The normalized spacial score (nSPS) is 11.8. The van der Waals surface area contributed by atoms with Crippen LogP contribution in [0.1, 0.15) is 47.2 Å². The summed E-state index contributed by atoms with van der Waals surface area (Å²) in [5.74, 6) is -1.16. The molecule has 0 fully saturated rings. The number of hydrogen-bond acceptors (Lipinski definition) is 8. The summed E-state index contributed by atoms with van der Waals surface area (Å²) >= 11 is 0. The maximum atomic E-state index is 14.6. The van der Waals surface area contributed by atoms with Crippen LogP contribution in [0.2, 0.25) is 0 Å². The van der Waals surface area contributed by atoms with E-state index in [4.69, 9.17) is 30.4 Å². The highest BCUT2D eigenvalue weighted by molar-refractivity contribution is 5.91. The number of hydrogen-bond donors (Lipinski definition) is 2. The summed E-state index contributed by atoms with van der Waals surface area (Å²) in [7, 11) is 0. The van der Waals surface area contributed by atoms with E-state index < -0.39 is 36.2 Å². The Morgan fingerprint density at radius 3 is 1.93 bits per heavy atom. The quantitative estimate of drug-likeness (QED) is 0.0618. The third-order valence-electron chi connectivity index (χ3n) is 5.83. The fraction of sp³-hybridized carbons (Fsp3) is 0.290. The second-order valence-electron chi connectivity index (χ2n) is 9.51. The van der Waals surface area contributed by atoms with Crippen molar-refractivity contribution in [3.63, 3.8) is 0 Å². The molecule has 4 N–H and O–H groups in total. The van der Waals surface area contributed by atoms with E-state index in [1.165, 1.54) is 66.7 Å². The first-order valence-electron chi connectivity index (χ1n) is 13.5. The second kappa shape index (κ2) is 15.6. The molecular weight excluding hydrogens is 591 g/mol. The van der Waals surface area contributed by atoms with Crippen molar-refractivity contribution in [1.29, 1.82) is 0 Å². The zero-order valence-corrected chi connectivity index (χ0v) is 23.4. The number of halogens is 5. The smallest absolute Gasteiger partial charge is 0.426 e. The maximum absolute atomic E-state index is 14.6. The maximum Gasteiger partial charge on any atom is 0.426 e. The highest BCUT2D eigenvalue weighted by atomic mass is 19.4. The topological polar surface area (TPSA) is 123 Å². The van der Waals surface area contributed by atoms with Crippen LogP contribution in [0, 0.1) is 0 Å². The minimum Gasteiger partial charge on any atom is -0.494 e. The van der Waals surface area contributed by atoms with E-state index in [1.54, 1.807) is 0 Å². The van der Waals surface area contributed by atoms with Gasteiger partial charge in [-0.3, -0.25) is 0 Å². The molecule has 44 heavy (non-hydrogen) atoms. The van der Waals surface area contributed by atoms with Crippen molar-refractivity contribution in [3.8, 4) is 11.5 Å². The van der Waals surface area contributed by atoms with Gasteiger partial charge in [-0.15, -0.1) is 0 Å². The summed E-state index contributed by atoms with van der Waals surface area (Å²) in [5.41, 5.74) is 12.3. The van der Waals surface area contributed by atoms with Crippen LogP contribution in [0.5, 0.6) is 11.5 Å². The number of rotatable bonds is 15. The highest BCUT2D eigenvalue weighted by Gasteiger charge is 2.34. The number of ether oxygens (including phenoxy) is 4. The lowest BCUT2D eigenvalue weighted by molar-refractivity contribution is -0.185. The minimum absolute atomic E-state index is 0.0962. The first-order chi connectivity index (χ1) is 20.8. The predicted octanol–water partition coefficient (Wildman–Crippen LogP) is 6.89. The molecule has 0 aliphatic carbocycles. The summed E-state index contributed by atoms with van der Waals surface area (Å²) < 4.78 is 86.0. The predicted molar refractivity (Wildman–Crippen MR) is 153 cm³/mol. The van der Waals surface area contributed by atoms with Gasteiger partial charge in [0.05, 0.1) is 30.9 Å². The number of esters is 2. The summed E-state index contributed by atoms with van der Waals surface area (Å²) in [5, 5.41) is 0. The number of alkyl halides is 5. The molecular formula is C31H31F5N2O6. The zero-order valence-electron chi connectivity index (χ0n) is 23.4.